The summed E-state index contributed by atoms with van der Waals surface area (Å²) in [5.41, 5.74) is 0. The van der Waals surface area contributed by atoms with Gasteiger partial charge in [0.05, 0.1) is 6.61 Å². The Balaban J connectivity index is 2.54. The quantitative estimate of drug-likeness (QED) is 0.639. The Kier molecular flexibility index (Phi) is 6.65. The molecule has 1 aliphatic carbocycles. The van der Waals surface area contributed by atoms with E-state index in [1.54, 1.807) is 0 Å². The summed E-state index contributed by atoms with van der Waals surface area (Å²) in [6.45, 7) is 10.5. The van der Waals surface area contributed by atoms with E-state index in [-0.39, 0.29) is 12.0 Å². The monoisotopic (exact) mass is 256 g/mol. The van der Waals surface area contributed by atoms with Crippen LogP contribution in [0.1, 0.15) is 47.0 Å². The van der Waals surface area contributed by atoms with Crippen molar-refractivity contribution in [1.29, 1.82) is 0 Å². The second-order valence-corrected chi connectivity index (χ2v) is 5.35. The van der Waals surface area contributed by atoms with Crippen LogP contribution in [0.15, 0.2) is 0 Å². The molecule has 0 bridgehead atoms. The highest BCUT2D eigenvalue weighted by molar-refractivity contribution is 5.76. The van der Waals surface area contributed by atoms with Gasteiger partial charge in [0.25, 0.3) is 0 Å². The van der Waals surface area contributed by atoms with Gasteiger partial charge in [0.15, 0.2) is 0 Å². The van der Waals surface area contributed by atoms with E-state index >= 15 is 0 Å². The highest BCUT2D eigenvalue weighted by Gasteiger charge is 2.32. The minimum absolute atomic E-state index is 0.118. The third kappa shape index (κ3) is 5.36. The molecular weight excluding hydrogens is 228 g/mol. The van der Waals surface area contributed by atoms with Crippen LogP contribution < -0.4 is 5.32 Å². The molecule has 106 valence electrons. The van der Waals surface area contributed by atoms with Crippen molar-refractivity contribution in [2.75, 3.05) is 19.7 Å². The number of carbonyl (C=O) groups is 1. The van der Waals surface area contributed by atoms with Gasteiger partial charge in [-0.1, -0.05) is 20.8 Å². The number of carbonyl (C=O) groups excluding carboxylic acids is 1. The summed E-state index contributed by atoms with van der Waals surface area (Å²) in [4.78, 5) is 14.4. The number of hydrogen-bond donors (Lipinski definition) is 1. The van der Waals surface area contributed by atoms with Crippen molar-refractivity contribution >= 4 is 5.97 Å². The molecule has 1 saturated carbocycles. The van der Waals surface area contributed by atoms with Crippen molar-refractivity contribution in [3.63, 3.8) is 0 Å². The lowest BCUT2D eigenvalue weighted by Crippen LogP contribution is -2.50. The Bertz CT molecular complexity index is 252. The summed E-state index contributed by atoms with van der Waals surface area (Å²) in [7, 11) is 0. The molecule has 0 aliphatic heterocycles. The largest absolute Gasteiger partial charge is 0.465 e. The van der Waals surface area contributed by atoms with Crippen LogP contribution in [0.2, 0.25) is 0 Å². The van der Waals surface area contributed by atoms with Crippen LogP contribution in [0.3, 0.4) is 0 Å². The van der Waals surface area contributed by atoms with Crippen molar-refractivity contribution in [1.82, 2.24) is 10.2 Å². The van der Waals surface area contributed by atoms with Gasteiger partial charge in [0.1, 0.15) is 6.04 Å². The number of esters is 1. The van der Waals surface area contributed by atoms with Crippen LogP contribution in [0.5, 0.6) is 0 Å². The summed E-state index contributed by atoms with van der Waals surface area (Å²) in [5.74, 6) is -0.118. The SMILES string of the molecule is CCCN(CC(NC(C)C)C(=O)OCC)C1CC1. The topological polar surface area (TPSA) is 41.6 Å². The number of hydrogen-bond acceptors (Lipinski definition) is 4. The lowest BCUT2D eigenvalue weighted by Gasteiger charge is -2.27. The van der Waals surface area contributed by atoms with Gasteiger partial charge < -0.3 is 10.1 Å². The van der Waals surface area contributed by atoms with E-state index in [1.165, 1.54) is 12.8 Å². The minimum Gasteiger partial charge on any atom is -0.465 e. The van der Waals surface area contributed by atoms with Crippen LogP contribution in [0.4, 0.5) is 0 Å². The zero-order valence-corrected chi connectivity index (χ0v) is 12.2. The average Bonchev–Trinajstić information content (AvgIpc) is 3.10. The Hall–Kier alpha value is -0.610. The van der Waals surface area contributed by atoms with Crippen LogP contribution in [0.25, 0.3) is 0 Å². The third-order valence-electron chi connectivity index (χ3n) is 3.10. The fraction of sp³-hybridized carbons (Fsp3) is 0.929. The summed E-state index contributed by atoms with van der Waals surface area (Å²) in [6.07, 6.45) is 3.68. The Morgan fingerprint density at radius 3 is 2.50 bits per heavy atom. The first kappa shape index (κ1) is 15.4. The zero-order chi connectivity index (χ0) is 13.5. The van der Waals surface area contributed by atoms with Gasteiger partial charge in [-0.05, 0) is 32.7 Å². The first-order chi connectivity index (χ1) is 8.58. The first-order valence-electron chi connectivity index (χ1n) is 7.25. The zero-order valence-electron chi connectivity index (χ0n) is 12.2. The van der Waals surface area contributed by atoms with Crippen LogP contribution >= 0.6 is 0 Å². The molecule has 0 radical (unpaired) electrons. The first-order valence-corrected chi connectivity index (χ1v) is 7.25. The van der Waals surface area contributed by atoms with Gasteiger partial charge >= 0.3 is 5.97 Å². The summed E-state index contributed by atoms with van der Waals surface area (Å²) in [6, 6.07) is 0.787. The molecule has 1 atom stereocenters. The van der Waals surface area contributed by atoms with Crippen molar-refractivity contribution in [3.8, 4) is 0 Å². The molecule has 0 aromatic carbocycles. The highest BCUT2D eigenvalue weighted by atomic mass is 16.5. The van der Waals surface area contributed by atoms with E-state index in [9.17, 15) is 4.79 Å². The summed E-state index contributed by atoms with van der Waals surface area (Å²) < 4.78 is 5.16. The van der Waals surface area contributed by atoms with Gasteiger partial charge in [-0.2, -0.15) is 0 Å². The smallest absolute Gasteiger partial charge is 0.324 e. The van der Waals surface area contributed by atoms with E-state index in [0.717, 1.165) is 19.5 Å². The Morgan fingerprint density at radius 1 is 1.39 bits per heavy atom. The summed E-state index contributed by atoms with van der Waals surface area (Å²) in [5, 5.41) is 3.32. The molecular formula is C14H28N2O2. The van der Waals surface area contributed by atoms with Gasteiger partial charge in [-0.15, -0.1) is 0 Å². The maximum atomic E-state index is 12.0. The van der Waals surface area contributed by atoms with Gasteiger partial charge in [0, 0.05) is 18.6 Å². The predicted molar refractivity (Wildman–Crippen MR) is 73.6 cm³/mol. The van der Waals surface area contributed by atoms with Gasteiger partial charge in [-0.3, -0.25) is 9.69 Å². The average molecular weight is 256 g/mol. The second-order valence-electron chi connectivity index (χ2n) is 5.35. The number of rotatable bonds is 9. The predicted octanol–water partition coefficient (Wildman–Crippen LogP) is 1.79. The molecule has 0 heterocycles. The second kappa shape index (κ2) is 7.74. The van der Waals surface area contributed by atoms with Crippen molar-refractivity contribution in [2.45, 2.75) is 65.1 Å². The Labute approximate surface area is 111 Å². The number of nitrogens with zero attached hydrogens (tertiary/aromatic N) is 1. The van der Waals surface area contributed by atoms with Crippen LogP contribution in [-0.4, -0.2) is 48.7 Å². The van der Waals surface area contributed by atoms with Crippen molar-refractivity contribution in [3.05, 3.63) is 0 Å². The van der Waals surface area contributed by atoms with E-state index in [4.69, 9.17) is 4.74 Å². The maximum absolute atomic E-state index is 12.0. The maximum Gasteiger partial charge on any atom is 0.324 e. The molecule has 1 fully saturated rings. The van der Waals surface area contributed by atoms with E-state index in [1.807, 2.05) is 6.92 Å². The summed E-state index contributed by atoms with van der Waals surface area (Å²) >= 11 is 0. The normalized spacial score (nSPS) is 17.2. The lowest BCUT2D eigenvalue weighted by molar-refractivity contribution is -0.146. The number of ether oxygens (including phenoxy) is 1. The van der Waals surface area contributed by atoms with Gasteiger partial charge in [-0.25, -0.2) is 0 Å². The Morgan fingerprint density at radius 2 is 2.06 bits per heavy atom. The molecule has 4 nitrogen and oxygen atoms in total. The van der Waals surface area contributed by atoms with E-state index < -0.39 is 0 Å². The molecule has 0 aromatic heterocycles. The van der Waals surface area contributed by atoms with Crippen LogP contribution in [0, 0.1) is 0 Å². The molecule has 18 heavy (non-hydrogen) atoms. The lowest BCUT2D eigenvalue weighted by atomic mass is 10.2. The minimum atomic E-state index is -0.197. The molecule has 1 rings (SSSR count). The molecule has 0 saturated heterocycles. The fourth-order valence-electron chi connectivity index (χ4n) is 2.22. The molecule has 1 N–H and O–H groups in total. The molecule has 0 aromatic rings. The molecule has 0 spiro atoms. The third-order valence-corrected chi connectivity index (χ3v) is 3.10. The molecule has 4 heteroatoms. The van der Waals surface area contributed by atoms with Crippen LogP contribution in [-0.2, 0) is 9.53 Å². The van der Waals surface area contributed by atoms with Crippen molar-refractivity contribution < 1.29 is 9.53 Å². The van der Waals surface area contributed by atoms with E-state index in [0.29, 0.717) is 18.7 Å². The fourth-order valence-corrected chi connectivity index (χ4v) is 2.22. The molecule has 0 amide bonds. The molecule has 1 unspecified atom stereocenters. The van der Waals surface area contributed by atoms with Gasteiger partial charge in [0.2, 0.25) is 0 Å². The number of nitrogens with one attached hydrogen (secondary N) is 1. The highest BCUT2D eigenvalue weighted by Crippen LogP contribution is 2.27. The molecule has 1 aliphatic rings. The van der Waals surface area contributed by atoms with Crippen molar-refractivity contribution in [2.24, 2.45) is 0 Å². The standard InChI is InChI=1S/C14H28N2O2/c1-5-9-16(12-7-8-12)10-13(15-11(3)4)14(17)18-6-2/h11-13,15H,5-10H2,1-4H3. The van der Waals surface area contributed by atoms with E-state index in [2.05, 4.69) is 31.0 Å².